The van der Waals surface area contributed by atoms with Gasteiger partial charge in [-0.15, -0.1) is 0 Å². The zero-order valence-corrected chi connectivity index (χ0v) is 15.4. The fourth-order valence-corrected chi connectivity index (χ4v) is 3.24. The molecular formula is C18H21N7O2. The standard InChI is InChI=1S/C18H21N7O2/c1-13-15(14(2)27-22-13)10-18(26)24-8-6-23(7-9-24)16-11-17(20-12-19-16)25-5-3-4-21-25/h3-5,11-12H,6-10H2,1-2H3. The first-order valence-corrected chi connectivity index (χ1v) is 8.88. The fraction of sp³-hybridized carbons (Fsp3) is 0.389. The molecule has 0 atom stereocenters. The first-order valence-electron chi connectivity index (χ1n) is 8.88. The van der Waals surface area contributed by atoms with Gasteiger partial charge in [0.2, 0.25) is 5.91 Å². The number of piperazine rings is 1. The molecule has 9 nitrogen and oxygen atoms in total. The summed E-state index contributed by atoms with van der Waals surface area (Å²) in [5, 5.41) is 8.12. The summed E-state index contributed by atoms with van der Waals surface area (Å²) >= 11 is 0. The van der Waals surface area contributed by atoms with E-state index in [0.29, 0.717) is 25.3 Å². The summed E-state index contributed by atoms with van der Waals surface area (Å²) in [6.45, 7) is 6.47. The van der Waals surface area contributed by atoms with E-state index >= 15 is 0 Å². The Balaban J connectivity index is 1.39. The molecule has 1 aliphatic rings. The minimum absolute atomic E-state index is 0.101. The maximum Gasteiger partial charge on any atom is 0.227 e. The largest absolute Gasteiger partial charge is 0.361 e. The molecule has 1 saturated heterocycles. The van der Waals surface area contributed by atoms with Crippen LogP contribution in [0.2, 0.25) is 0 Å². The summed E-state index contributed by atoms with van der Waals surface area (Å²) in [6, 6.07) is 3.76. The van der Waals surface area contributed by atoms with Gasteiger partial charge in [-0.1, -0.05) is 5.16 Å². The topological polar surface area (TPSA) is 93.2 Å². The van der Waals surface area contributed by atoms with Crippen molar-refractivity contribution in [3.05, 3.63) is 47.9 Å². The number of carbonyl (C=O) groups excluding carboxylic acids is 1. The van der Waals surface area contributed by atoms with Crippen LogP contribution in [0.4, 0.5) is 5.82 Å². The smallest absolute Gasteiger partial charge is 0.227 e. The van der Waals surface area contributed by atoms with Crippen molar-refractivity contribution in [2.24, 2.45) is 0 Å². The number of aryl methyl sites for hydroxylation is 2. The van der Waals surface area contributed by atoms with Crippen molar-refractivity contribution in [3.8, 4) is 5.82 Å². The Bertz CT molecular complexity index is 908. The molecule has 4 rings (SSSR count). The minimum Gasteiger partial charge on any atom is -0.361 e. The van der Waals surface area contributed by atoms with Gasteiger partial charge in [0.25, 0.3) is 0 Å². The number of carbonyl (C=O) groups is 1. The van der Waals surface area contributed by atoms with Gasteiger partial charge >= 0.3 is 0 Å². The van der Waals surface area contributed by atoms with Crippen molar-refractivity contribution in [1.29, 1.82) is 0 Å². The summed E-state index contributed by atoms with van der Waals surface area (Å²) in [5.74, 6) is 2.38. The van der Waals surface area contributed by atoms with Gasteiger partial charge in [0.1, 0.15) is 17.9 Å². The maximum atomic E-state index is 12.6. The van der Waals surface area contributed by atoms with Crippen LogP contribution >= 0.6 is 0 Å². The molecule has 1 amide bonds. The molecule has 0 radical (unpaired) electrons. The summed E-state index contributed by atoms with van der Waals surface area (Å²) in [5.41, 5.74) is 1.67. The molecule has 27 heavy (non-hydrogen) atoms. The van der Waals surface area contributed by atoms with Gasteiger partial charge in [-0.3, -0.25) is 4.79 Å². The number of aromatic nitrogens is 5. The predicted octanol–water partition coefficient (Wildman–Crippen LogP) is 1.16. The maximum absolute atomic E-state index is 12.6. The van der Waals surface area contributed by atoms with E-state index in [1.54, 1.807) is 17.2 Å². The highest BCUT2D eigenvalue weighted by Gasteiger charge is 2.24. The zero-order valence-electron chi connectivity index (χ0n) is 15.4. The van der Waals surface area contributed by atoms with E-state index < -0.39 is 0 Å². The first kappa shape index (κ1) is 17.2. The molecule has 0 spiro atoms. The van der Waals surface area contributed by atoms with Crippen molar-refractivity contribution in [1.82, 2.24) is 29.8 Å². The van der Waals surface area contributed by atoms with E-state index in [2.05, 4.69) is 25.1 Å². The summed E-state index contributed by atoms with van der Waals surface area (Å²) < 4.78 is 6.85. The molecule has 1 aliphatic heterocycles. The molecule has 3 aromatic heterocycles. The average molecular weight is 367 g/mol. The van der Waals surface area contributed by atoms with Crippen molar-refractivity contribution >= 4 is 11.7 Å². The van der Waals surface area contributed by atoms with Crippen molar-refractivity contribution in [3.63, 3.8) is 0 Å². The Morgan fingerprint density at radius 3 is 2.59 bits per heavy atom. The van der Waals surface area contributed by atoms with E-state index in [4.69, 9.17) is 4.52 Å². The van der Waals surface area contributed by atoms with Crippen LogP contribution in [-0.4, -0.2) is 61.9 Å². The molecule has 0 aromatic carbocycles. The van der Waals surface area contributed by atoms with Crippen LogP contribution in [0.3, 0.4) is 0 Å². The molecule has 0 bridgehead atoms. The lowest BCUT2D eigenvalue weighted by Gasteiger charge is -2.35. The third kappa shape index (κ3) is 3.53. The fourth-order valence-electron chi connectivity index (χ4n) is 3.24. The molecule has 0 saturated carbocycles. The second-order valence-corrected chi connectivity index (χ2v) is 6.53. The van der Waals surface area contributed by atoms with E-state index in [1.807, 2.05) is 37.1 Å². The Hall–Kier alpha value is -3.23. The van der Waals surface area contributed by atoms with Crippen LogP contribution in [-0.2, 0) is 11.2 Å². The summed E-state index contributed by atoms with van der Waals surface area (Å²) in [4.78, 5) is 25.3. The zero-order chi connectivity index (χ0) is 18.8. The van der Waals surface area contributed by atoms with E-state index in [1.165, 1.54) is 0 Å². The Morgan fingerprint density at radius 1 is 1.15 bits per heavy atom. The number of hydrogen-bond acceptors (Lipinski definition) is 7. The number of anilines is 1. The van der Waals surface area contributed by atoms with Crippen LogP contribution in [0.1, 0.15) is 17.0 Å². The molecule has 3 aromatic rings. The number of amides is 1. The van der Waals surface area contributed by atoms with E-state index in [9.17, 15) is 4.79 Å². The number of rotatable bonds is 4. The lowest BCUT2D eigenvalue weighted by molar-refractivity contribution is -0.130. The monoisotopic (exact) mass is 367 g/mol. The molecule has 0 aliphatic carbocycles. The van der Waals surface area contributed by atoms with Gasteiger partial charge < -0.3 is 14.3 Å². The second kappa shape index (κ2) is 7.18. The molecular weight excluding hydrogens is 346 g/mol. The quantitative estimate of drug-likeness (QED) is 0.683. The molecule has 0 unspecified atom stereocenters. The van der Waals surface area contributed by atoms with E-state index in [-0.39, 0.29) is 5.91 Å². The summed E-state index contributed by atoms with van der Waals surface area (Å²) in [6.07, 6.45) is 5.43. The molecule has 0 N–H and O–H groups in total. The highest BCUT2D eigenvalue weighted by molar-refractivity contribution is 5.79. The number of nitrogens with zero attached hydrogens (tertiary/aromatic N) is 7. The summed E-state index contributed by atoms with van der Waals surface area (Å²) in [7, 11) is 0. The van der Waals surface area contributed by atoms with Crippen molar-refractivity contribution < 1.29 is 9.32 Å². The molecule has 4 heterocycles. The lowest BCUT2D eigenvalue weighted by Crippen LogP contribution is -2.49. The van der Waals surface area contributed by atoms with Crippen LogP contribution in [0, 0.1) is 13.8 Å². The average Bonchev–Trinajstić information content (AvgIpc) is 3.34. The van der Waals surface area contributed by atoms with Gasteiger partial charge in [0.15, 0.2) is 5.82 Å². The Kier molecular flexibility index (Phi) is 4.57. The van der Waals surface area contributed by atoms with E-state index in [0.717, 1.165) is 36.0 Å². The van der Waals surface area contributed by atoms with Crippen molar-refractivity contribution in [2.45, 2.75) is 20.3 Å². The lowest BCUT2D eigenvalue weighted by atomic mass is 10.1. The Labute approximate surface area is 156 Å². The third-order valence-corrected chi connectivity index (χ3v) is 4.84. The highest BCUT2D eigenvalue weighted by atomic mass is 16.5. The predicted molar refractivity (Wildman–Crippen MR) is 97.6 cm³/mol. The SMILES string of the molecule is Cc1noc(C)c1CC(=O)N1CCN(c2cc(-n3cccn3)ncn2)CC1. The molecule has 140 valence electrons. The third-order valence-electron chi connectivity index (χ3n) is 4.84. The first-order chi connectivity index (χ1) is 13.1. The van der Waals surface area contributed by atoms with Gasteiger partial charge in [0.05, 0.1) is 12.1 Å². The van der Waals surface area contributed by atoms with Gasteiger partial charge in [-0.2, -0.15) is 5.10 Å². The van der Waals surface area contributed by atoms with Crippen molar-refractivity contribution in [2.75, 3.05) is 31.1 Å². The molecule has 9 heteroatoms. The highest BCUT2D eigenvalue weighted by Crippen LogP contribution is 2.18. The van der Waals surface area contributed by atoms with Crippen LogP contribution < -0.4 is 4.90 Å². The minimum atomic E-state index is 0.101. The van der Waals surface area contributed by atoms with Crippen LogP contribution in [0.5, 0.6) is 0 Å². The Morgan fingerprint density at radius 2 is 1.93 bits per heavy atom. The number of hydrogen-bond donors (Lipinski definition) is 0. The second-order valence-electron chi connectivity index (χ2n) is 6.53. The van der Waals surface area contributed by atoms with Crippen LogP contribution in [0.25, 0.3) is 5.82 Å². The molecule has 1 fully saturated rings. The van der Waals surface area contributed by atoms with Crippen LogP contribution in [0.15, 0.2) is 35.4 Å². The van der Waals surface area contributed by atoms with Gasteiger partial charge in [-0.25, -0.2) is 14.6 Å². The normalized spacial score (nSPS) is 14.6. The van der Waals surface area contributed by atoms with Gasteiger partial charge in [-0.05, 0) is 19.9 Å². The van der Waals surface area contributed by atoms with Gasteiger partial charge in [0, 0.05) is 50.2 Å².